The third-order valence-electron chi connectivity index (χ3n) is 9.77. The molecule has 3 fully saturated rings. The smallest absolute Gasteiger partial charge is 0.342 e. The van der Waals surface area contributed by atoms with E-state index in [1.807, 2.05) is 34.6 Å². The van der Waals surface area contributed by atoms with Crippen molar-refractivity contribution in [3.63, 3.8) is 0 Å². The molecule has 6 rings (SSSR count). The monoisotopic (exact) mass is 490 g/mol. The van der Waals surface area contributed by atoms with E-state index in [-0.39, 0.29) is 25.4 Å². The van der Waals surface area contributed by atoms with Crippen LogP contribution in [0.3, 0.4) is 0 Å². The van der Waals surface area contributed by atoms with E-state index in [9.17, 15) is 15.0 Å². The van der Waals surface area contributed by atoms with Crippen molar-refractivity contribution in [1.29, 1.82) is 0 Å². The number of aliphatic hydroxyl groups is 2. The van der Waals surface area contributed by atoms with Gasteiger partial charge in [0, 0.05) is 36.0 Å². The number of methoxy groups -OCH3 is 2. The quantitative estimate of drug-likeness (QED) is 0.603. The molecule has 0 amide bonds. The van der Waals surface area contributed by atoms with Crippen LogP contribution in [-0.2, 0) is 32.0 Å². The van der Waals surface area contributed by atoms with Crippen LogP contribution in [0.4, 0.5) is 0 Å². The maximum Gasteiger partial charge on any atom is 0.342 e. The summed E-state index contributed by atoms with van der Waals surface area (Å²) in [5.74, 6) is -1.05. The molecule has 7 atom stereocenters. The number of esters is 1. The highest BCUT2D eigenvalue weighted by Crippen LogP contribution is 2.70. The Kier molecular flexibility index (Phi) is 4.49. The molecule has 1 aromatic rings. The molecule has 1 spiro atoms. The van der Waals surface area contributed by atoms with Gasteiger partial charge in [0.25, 0.3) is 5.97 Å². The van der Waals surface area contributed by atoms with Crippen LogP contribution in [0.1, 0.15) is 67.6 Å². The number of fused-ring (bicyclic) bond motifs is 5. The van der Waals surface area contributed by atoms with Gasteiger partial charge >= 0.3 is 5.97 Å². The molecule has 5 aliphatic rings. The molecule has 4 heterocycles. The molecule has 2 bridgehead atoms. The van der Waals surface area contributed by atoms with E-state index in [1.165, 1.54) is 14.2 Å². The Morgan fingerprint density at radius 1 is 1.00 bits per heavy atom. The Hall–Kier alpha value is -1.91. The van der Waals surface area contributed by atoms with Crippen molar-refractivity contribution in [1.82, 2.24) is 0 Å². The fraction of sp³-hybridized carbons (Fsp3) is 0.731. The van der Waals surface area contributed by atoms with Crippen LogP contribution >= 0.6 is 0 Å². The molecule has 4 aliphatic heterocycles. The van der Waals surface area contributed by atoms with Gasteiger partial charge in [0.2, 0.25) is 0 Å². The van der Waals surface area contributed by atoms with E-state index in [2.05, 4.69) is 0 Å². The summed E-state index contributed by atoms with van der Waals surface area (Å²) >= 11 is 0. The number of hydrogen-bond donors (Lipinski definition) is 2. The summed E-state index contributed by atoms with van der Waals surface area (Å²) in [6.07, 6.45) is -1.12. The lowest BCUT2D eigenvalue weighted by Gasteiger charge is -2.67. The molecule has 192 valence electrons. The van der Waals surface area contributed by atoms with Gasteiger partial charge in [0.15, 0.2) is 0 Å². The highest BCUT2D eigenvalue weighted by molar-refractivity contribution is 5.98. The number of aliphatic hydroxyl groups excluding tert-OH is 2. The molecule has 0 aromatic heterocycles. The van der Waals surface area contributed by atoms with E-state index >= 15 is 0 Å². The molecule has 2 saturated heterocycles. The zero-order valence-corrected chi connectivity index (χ0v) is 21.3. The lowest BCUT2D eigenvalue weighted by atomic mass is 9.45. The zero-order valence-electron chi connectivity index (χ0n) is 21.3. The van der Waals surface area contributed by atoms with Crippen molar-refractivity contribution in [2.24, 2.45) is 11.3 Å². The Balaban J connectivity index is 1.58. The fourth-order valence-electron chi connectivity index (χ4n) is 8.26. The summed E-state index contributed by atoms with van der Waals surface area (Å²) in [7, 11) is 3.02. The average molecular weight is 491 g/mol. The van der Waals surface area contributed by atoms with Crippen LogP contribution in [-0.4, -0.2) is 65.4 Å². The summed E-state index contributed by atoms with van der Waals surface area (Å²) < 4.78 is 36.4. The predicted octanol–water partition coefficient (Wildman–Crippen LogP) is 2.38. The number of ether oxygens (including phenoxy) is 6. The maximum absolute atomic E-state index is 12.6. The first-order valence-electron chi connectivity index (χ1n) is 12.2. The van der Waals surface area contributed by atoms with Crippen molar-refractivity contribution < 1.29 is 43.4 Å². The maximum atomic E-state index is 12.6. The summed E-state index contributed by atoms with van der Waals surface area (Å²) in [4.78, 5) is 12.6. The SMILES string of the molecule is COc1c2c(c(C)c3c1C(=O)OC3)OC1(C)CC(O)C34OC(OC)(CC(O)C3(C)C1C2)OC4(C)C. The predicted molar refractivity (Wildman–Crippen MR) is 121 cm³/mol. The highest BCUT2D eigenvalue weighted by Gasteiger charge is 2.83. The second-order valence-electron chi connectivity index (χ2n) is 11.6. The Morgan fingerprint density at radius 2 is 1.71 bits per heavy atom. The van der Waals surface area contributed by atoms with Gasteiger partial charge in [-0.2, -0.15) is 0 Å². The minimum atomic E-state index is -1.44. The Bertz CT molecular complexity index is 1150. The van der Waals surface area contributed by atoms with Crippen molar-refractivity contribution in [2.75, 3.05) is 14.2 Å². The molecule has 1 aromatic carbocycles. The first-order valence-corrected chi connectivity index (χ1v) is 12.2. The molecule has 7 unspecified atom stereocenters. The lowest BCUT2D eigenvalue weighted by Crippen LogP contribution is -2.80. The minimum Gasteiger partial charge on any atom is -0.495 e. The van der Waals surface area contributed by atoms with E-state index in [0.29, 0.717) is 23.5 Å². The molecule has 1 saturated carbocycles. The van der Waals surface area contributed by atoms with Crippen LogP contribution in [0.5, 0.6) is 11.5 Å². The van der Waals surface area contributed by atoms with E-state index in [4.69, 9.17) is 28.4 Å². The number of benzene rings is 1. The molecule has 2 N–H and O–H groups in total. The Morgan fingerprint density at radius 3 is 2.37 bits per heavy atom. The largest absolute Gasteiger partial charge is 0.495 e. The van der Waals surface area contributed by atoms with Crippen molar-refractivity contribution in [3.8, 4) is 11.5 Å². The molecule has 9 nitrogen and oxygen atoms in total. The van der Waals surface area contributed by atoms with Crippen molar-refractivity contribution >= 4 is 5.97 Å². The number of carbonyl (C=O) groups is 1. The summed E-state index contributed by atoms with van der Waals surface area (Å²) in [6, 6.07) is 0. The Labute approximate surface area is 204 Å². The topological polar surface area (TPSA) is 113 Å². The van der Waals surface area contributed by atoms with Crippen LogP contribution in [0, 0.1) is 18.3 Å². The van der Waals surface area contributed by atoms with Crippen LogP contribution in [0.15, 0.2) is 0 Å². The summed E-state index contributed by atoms with van der Waals surface area (Å²) in [6.45, 7) is 9.78. The van der Waals surface area contributed by atoms with E-state index < -0.39 is 46.4 Å². The second-order valence-corrected chi connectivity index (χ2v) is 11.6. The second kappa shape index (κ2) is 6.69. The van der Waals surface area contributed by atoms with Gasteiger partial charge in [-0.15, -0.1) is 0 Å². The van der Waals surface area contributed by atoms with Gasteiger partial charge < -0.3 is 38.6 Å². The number of rotatable bonds is 2. The number of hydrogen-bond acceptors (Lipinski definition) is 9. The number of cyclic esters (lactones) is 1. The molecular weight excluding hydrogens is 456 g/mol. The lowest BCUT2D eigenvalue weighted by molar-refractivity contribution is -0.410. The van der Waals surface area contributed by atoms with Gasteiger partial charge in [0.1, 0.15) is 40.5 Å². The van der Waals surface area contributed by atoms with Gasteiger partial charge in [-0.1, -0.05) is 6.92 Å². The van der Waals surface area contributed by atoms with Gasteiger partial charge in [-0.3, -0.25) is 0 Å². The van der Waals surface area contributed by atoms with Crippen molar-refractivity contribution in [2.45, 2.75) is 95.5 Å². The zero-order chi connectivity index (χ0) is 25.3. The first-order chi connectivity index (χ1) is 16.3. The van der Waals surface area contributed by atoms with Crippen molar-refractivity contribution in [3.05, 3.63) is 22.3 Å². The molecular formula is C26H34O9. The van der Waals surface area contributed by atoms with Crippen LogP contribution in [0.2, 0.25) is 0 Å². The third kappa shape index (κ3) is 2.44. The van der Waals surface area contributed by atoms with E-state index in [0.717, 1.165) is 16.7 Å². The number of carbonyl (C=O) groups excluding carboxylic acids is 1. The average Bonchev–Trinajstić information content (AvgIpc) is 3.26. The van der Waals surface area contributed by atoms with Crippen LogP contribution in [0.25, 0.3) is 0 Å². The van der Waals surface area contributed by atoms with Gasteiger partial charge in [0.05, 0.1) is 25.7 Å². The third-order valence-corrected chi connectivity index (χ3v) is 9.77. The molecule has 9 heteroatoms. The van der Waals surface area contributed by atoms with Crippen LogP contribution < -0.4 is 9.47 Å². The fourth-order valence-corrected chi connectivity index (χ4v) is 8.26. The minimum absolute atomic E-state index is 0.0873. The first kappa shape index (κ1) is 23.5. The molecule has 0 radical (unpaired) electrons. The standard InChI is InChI=1S/C26H34O9/c1-12-14-11-32-21(29)18(14)20(30-6)13-8-15-23(4,33-19(12)13)9-17(28)26-22(2,3)34-25(31-7,35-26)10-16(27)24(15,26)5/h15-17,27-28H,8-11H2,1-7H3. The van der Waals surface area contributed by atoms with Gasteiger partial charge in [-0.25, -0.2) is 4.79 Å². The molecule has 35 heavy (non-hydrogen) atoms. The summed E-state index contributed by atoms with van der Waals surface area (Å²) in [5, 5.41) is 23.5. The highest BCUT2D eigenvalue weighted by atomic mass is 16.9. The van der Waals surface area contributed by atoms with Gasteiger partial charge in [-0.05, 0) is 39.7 Å². The molecule has 1 aliphatic carbocycles. The summed E-state index contributed by atoms with van der Waals surface area (Å²) in [5.41, 5.74) is -1.24. The normalized spacial score (nSPS) is 44.5. The van der Waals surface area contributed by atoms with E-state index in [1.54, 1.807) is 0 Å².